The molecule has 7 nitrogen and oxygen atoms in total. The van der Waals surface area contributed by atoms with Crippen molar-refractivity contribution < 1.29 is 24.2 Å². The Balaban J connectivity index is 1.81. The van der Waals surface area contributed by atoms with Crippen LogP contribution in [0.15, 0.2) is 28.5 Å². The van der Waals surface area contributed by atoms with E-state index in [1.165, 1.54) is 35.1 Å². The highest BCUT2D eigenvalue weighted by Gasteiger charge is 2.67. The summed E-state index contributed by atoms with van der Waals surface area (Å²) >= 11 is 4.81. The third kappa shape index (κ3) is 3.09. The molecule has 0 radical (unpaired) electrons. The molecule has 3 heterocycles. The number of methoxy groups -OCH3 is 1. The fraction of sp³-hybridized carbons (Fsp3) is 0.400. The second kappa shape index (κ2) is 7.25. The van der Waals surface area contributed by atoms with Crippen molar-refractivity contribution in [2.45, 2.75) is 23.6 Å². The van der Waals surface area contributed by atoms with E-state index in [0.717, 1.165) is 4.88 Å². The van der Waals surface area contributed by atoms with Crippen molar-refractivity contribution in [3.05, 3.63) is 33.4 Å². The van der Waals surface area contributed by atoms with Gasteiger partial charge in [0, 0.05) is 16.4 Å². The maximum absolute atomic E-state index is 12.7. The number of carboxylic acids is 1. The fourth-order valence-electron chi connectivity index (χ4n) is 2.90. The minimum atomic E-state index is -1.53. The molecule has 3 atom stereocenters. The van der Waals surface area contributed by atoms with Crippen molar-refractivity contribution >= 4 is 63.5 Å². The average Bonchev–Trinajstić information content (AvgIpc) is 3.10. The number of thioether (sulfide) groups is 1. The van der Waals surface area contributed by atoms with Gasteiger partial charge >= 0.3 is 5.97 Å². The lowest BCUT2D eigenvalue weighted by Gasteiger charge is -2.57. The Morgan fingerprint density at radius 3 is 2.84 bits per heavy atom. The zero-order chi connectivity index (χ0) is 18.2. The first-order valence-corrected chi connectivity index (χ1v) is 10.6. The van der Waals surface area contributed by atoms with Crippen LogP contribution in [0.4, 0.5) is 0 Å². The molecule has 0 spiro atoms. The number of amides is 2. The van der Waals surface area contributed by atoms with Gasteiger partial charge in [0.15, 0.2) is 6.04 Å². The van der Waals surface area contributed by atoms with Crippen molar-refractivity contribution in [2.24, 2.45) is 0 Å². The van der Waals surface area contributed by atoms with Crippen molar-refractivity contribution in [1.29, 1.82) is 0 Å². The maximum Gasteiger partial charge on any atom is 0.330 e. The molecule has 1 unspecified atom stereocenters. The van der Waals surface area contributed by atoms with Gasteiger partial charge < -0.3 is 20.1 Å². The number of hydrogen-bond acceptors (Lipinski definition) is 6. The maximum atomic E-state index is 12.7. The summed E-state index contributed by atoms with van der Waals surface area (Å²) in [6, 6.07) is 2.66. The van der Waals surface area contributed by atoms with E-state index in [1.54, 1.807) is 5.41 Å². The number of aliphatic carboxylic acids is 1. The summed E-state index contributed by atoms with van der Waals surface area (Å²) in [5.74, 6) is -1.96. The Kier molecular flexibility index (Phi) is 5.42. The summed E-state index contributed by atoms with van der Waals surface area (Å²) in [6.07, 6.45) is 0.143. The summed E-state index contributed by atoms with van der Waals surface area (Å²) < 4.78 is 5.88. The Bertz CT molecular complexity index is 738. The number of nitrogens with one attached hydrogen (secondary N) is 1. The average molecular weight is 494 g/mol. The van der Waals surface area contributed by atoms with Crippen molar-refractivity contribution in [3.8, 4) is 0 Å². The lowest BCUT2D eigenvalue weighted by atomic mass is 9.95. The van der Waals surface area contributed by atoms with Crippen molar-refractivity contribution in [1.82, 2.24) is 10.2 Å². The van der Waals surface area contributed by atoms with Crippen LogP contribution < -0.4 is 5.32 Å². The van der Waals surface area contributed by atoms with Crippen LogP contribution in [0.25, 0.3) is 0 Å². The summed E-state index contributed by atoms with van der Waals surface area (Å²) in [4.78, 5) is 38.8. The predicted molar refractivity (Wildman–Crippen MR) is 103 cm³/mol. The Hall–Kier alpha value is -1.11. The van der Waals surface area contributed by atoms with E-state index in [4.69, 9.17) is 4.74 Å². The molecule has 25 heavy (non-hydrogen) atoms. The molecule has 2 amide bonds. The number of carbonyl (C=O) groups is 3. The third-order valence-electron chi connectivity index (χ3n) is 4.08. The molecule has 1 aromatic heterocycles. The molecule has 0 aromatic carbocycles. The van der Waals surface area contributed by atoms with Gasteiger partial charge in [0.25, 0.3) is 11.6 Å². The van der Waals surface area contributed by atoms with Gasteiger partial charge in [-0.25, -0.2) is 4.79 Å². The van der Waals surface area contributed by atoms with Crippen LogP contribution in [0, 0.1) is 0 Å². The largest absolute Gasteiger partial charge is 0.479 e. The highest BCUT2D eigenvalue weighted by molar-refractivity contribution is 14.1. The van der Waals surface area contributed by atoms with Crippen LogP contribution in [0.3, 0.4) is 0 Å². The van der Waals surface area contributed by atoms with Crippen LogP contribution >= 0.6 is 45.7 Å². The molecule has 1 saturated heterocycles. The van der Waals surface area contributed by atoms with Crippen LogP contribution in [0.1, 0.15) is 4.88 Å². The molecule has 3 rings (SSSR count). The number of alkyl halides is 1. The standard InChI is InChI=1S/C15H15IN2O5S2/c1-23-15(17-10(19)5-9-3-2-4-24-9)13(22)18-11(12(20)21)8(6-16)7-25-14(15)18/h2-4,7,11,14H,5-6H2,1H3,(H,17,19)(H,20,21)/t11?,14-,15-/m0/s1. The van der Waals surface area contributed by atoms with E-state index in [2.05, 4.69) is 27.9 Å². The fourth-order valence-corrected chi connectivity index (χ4v) is 5.85. The minimum Gasteiger partial charge on any atom is -0.479 e. The topological polar surface area (TPSA) is 95.9 Å². The number of ether oxygens (including phenoxy) is 1. The third-order valence-corrected chi connectivity index (χ3v) is 7.09. The zero-order valence-corrected chi connectivity index (χ0v) is 16.9. The van der Waals surface area contributed by atoms with Gasteiger partial charge in [0.1, 0.15) is 5.37 Å². The van der Waals surface area contributed by atoms with E-state index in [-0.39, 0.29) is 12.3 Å². The predicted octanol–water partition coefficient (Wildman–Crippen LogP) is 1.44. The van der Waals surface area contributed by atoms with Gasteiger partial charge in [-0.05, 0) is 22.4 Å². The van der Waals surface area contributed by atoms with Crippen LogP contribution in [0.5, 0.6) is 0 Å². The van der Waals surface area contributed by atoms with E-state index in [0.29, 0.717) is 10.0 Å². The number of carboxylic acid groups (broad SMARTS) is 1. The Labute approximate surface area is 165 Å². The Morgan fingerprint density at radius 2 is 2.28 bits per heavy atom. The van der Waals surface area contributed by atoms with Crippen LogP contribution in [-0.2, 0) is 25.5 Å². The molecule has 134 valence electrons. The van der Waals surface area contributed by atoms with Crippen LogP contribution in [0.2, 0.25) is 0 Å². The quantitative estimate of drug-likeness (QED) is 0.269. The normalized spacial score (nSPS) is 28.0. The van der Waals surface area contributed by atoms with Crippen molar-refractivity contribution in [2.75, 3.05) is 11.5 Å². The second-order valence-corrected chi connectivity index (χ2v) is 8.26. The molecule has 1 fully saturated rings. The number of carbonyl (C=O) groups excluding carboxylic acids is 2. The van der Waals surface area contributed by atoms with Gasteiger partial charge in [0.2, 0.25) is 5.91 Å². The second-order valence-electron chi connectivity index (χ2n) is 5.51. The first-order valence-electron chi connectivity index (χ1n) is 7.29. The molecular formula is C15H15IN2O5S2. The van der Waals surface area contributed by atoms with Gasteiger partial charge in [-0.15, -0.1) is 23.1 Å². The molecule has 10 heteroatoms. The van der Waals surface area contributed by atoms with Crippen LogP contribution in [-0.4, -0.2) is 56.5 Å². The highest BCUT2D eigenvalue weighted by Crippen LogP contribution is 2.46. The molecule has 0 saturated carbocycles. The lowest BCUT2D eigenvalue weighted by molar-refractivity contribution is -0.201. The highest BCUT2D eigenvalue weighted by atomic mass is 127. The number of β-lactam (4-membered cyclic amide) rings is 1. The Morgan fingerprint density at radius 1 is 1.52 bits per heavy atom. The number of rotatable bonds is 6. The summed E-state index contributed by atoms with van der Waals surface area (Å²) in [6.45, 7) is 0. The number of fused-ring (bicyclic) bond motifs is 1. The molecule has 1 aromatic rings. The first kappa shape index (κ1) is 18.7. The summed E-state index contributed by atoms with van der Waals surface area (Å²) in [5, 5.41) is 15.2. The van der Waals surface area contributed by atoms with Gasteiger partial charge in [-0.1, -0.05) is 28.7 Å². The molecular weight excluding hydrogens is 479 g/mol. The molecule has 2 aliphatic heterocycles. The first-order chi connectivity index (χ1) is 11.9. The number of nitrogens with zero attached hydrogens (tertiary/aromatic N) is 1. The van der Waals surface area contributed by atoms with E-state index >= 15 is 0 Å². The smallest absolute Gasteiger partial charge is 0.330 e. The van der Waals surface area contributed by atoms with E-state index < -0.39 is 29.0 Å². The molecule has 0 bridgehead atoms. The molecule has 2 aliphatic rings. The minimum absolute atomic E-state index is 0.143. The van der Waals surface area contributed by atoms with E-state index in [9.17, 15) is 19.5 Å². The van der Waals surface area contributed by atoms with Gasteiger partial charge in [-0.2, -0.15) is 0 Å². The van der Waals surface area contributed by atoms with Gasteiger partial charge in [0.05, 0.1) is 6.42 Å². The number of hydrogen-bond donors (Lipinski definition) is 2. The summed E-state index contributed by atoms with van der Waals surface area (Å²) in [5.41, 5.74) is -0.877. The van der Waals surface area contributed by atoms with Gasteiger partial charge in [-0.3, -0.25) is 9.59 Å². The molecule has 0 aliphatic carbocycles. The zero-order valence-electron chi connectivity index (χ0n) is 13.1. The SMILES string of the molecule is CO[C@@]1(NC(=O)Cc2cccs2)C(=O)N2C(C(=O)O)C(CI)=CS[C@H]21. The number of halogens is 1. The molecule has 2 N–H and O–H groups in total. The summed E-state index contributed by atoms with van der Waals surface area (Å²) in [7, 11) is 1.34. The lowest BCUT2D eigenvalue weighted by Crippen LogP contribution is -2.83. The monoisotopic (exact) mass is 494 g/mol. The van der Waals surface area contributed by atoms with E-state index in [1.807, 2.05) is 17.5 Å². The number of thiophene rings is 1. The van der Waals surface area contributed by atoms with Crippen molar-refractivity contribution in [3.63, 3.8) is 0 Å².